The molecule has 0 saturated carbocycles. The van der Waals surface area contributed by atoms with Gasteiger partial charge in [-0.2, -0.15) is 0 Å². The number of para-hydroxylation sites is 1. The fourth-order valence-corrected chi connectivity index (χ4v) is 2.84. The minimum absolute atomic E-state index is 0.0959. The lowest BCUT2D eigenvalue weighted by Gasteiger charge is -2.18. The van der Waals surface area contributed by atoms with Crippen molar-refractivity contribution in [2.24, 2.45) is 0 Å². The van der Waals surface area contributed by atoms with E-state index in [4.69, 9.17) is 0 Å². The Labute approximate surface area is 160 Å². The third-order valence-corrected chi connectivity index (χ3v) is 4.42. The van der Waals surface area contributed by atoms with Gasteiger partial charge in [0.2, 0.25) is 11.8 Å². The van der Waals surface area contributed by atoms with Crippen molar-refractivity contribution in [3.8, 4) is 0 Å². The Balaban J connectivity index is 1.83. The molecule has 8 nitrogen and oxygen atoms in total. The topological polar surface area (TPSA) is 104 Å². The summed E-state index contributed by atoms with van der Waals surface area (Å²) in [5, 5.41) is 5.70. The second-order valence-electron chi connectivity index (χ2n) is 6.46. The molecular weight excluding hydrogens is 360 g/mol. The molecule has 0 saturated heterocycles. The van der Waals surface area contributed by atoms with Gasteiger partial charge in [-0.1, -0.05) is 30.3 Å². The van der Waals surface area contributed by atoms with Crippen molar-refractivity contribution in [2.75, 3.05) is 12.4 Å². The van der Waals surface area contributed by atoms with Crippen LogP contribution in [0.4, 0.5) is 5.69 Å². The largest absolute Gasteiger partial charge is 0.342 e. The maximum atomic E-state index is 12.5. The molecule has 3 aromatic rings. The Morgan fingerprint density at radius 1 is 1.04 bits per heavy atom. The summed E-state index contributed by atoms with van der Waals surface area (Å²) in [6.07, 6.45) is 0. The summed E-state index contributed by atoms with van der Waals surface area (Å²) in [5.41, 5.74) is 0.408. The Bertz CT molecular complexity index is 1160. The average molecular weight is 380 g/mol. The molecule has 0 unspecified atom stereocenters. The first-order valence-corrected chi connectivity index (χ1v) is 8.68. The number of aromatic amines is 1. The smallest absolute Gasteiger partial charge is 0.273 e. The maximum absolute atomic E-state index is 12.5. The van der Waals surface area contributed by atoms with Crippen molar-refractivity contribution in [2.45, 2.75) is 20.0 Å². The number of anilines is 1. The number of nitrogens with zero attached hydrogens (tertiary/aromatic N) is 2. The van der Waals surface area contributed by atoms with Gasteiger partial charge < -0.3 is 10.2 Å². The zero-order valence-electron chi connectivity index (χ0n) is 15.6. The van der Waals surface area contributed by atoms with Crippen molar-refractivity contribution in [1.29, 1.82) is 0 Å². The van der Waals surface area contributed by atoms with Crippen LogP contribution in [-0.2, 0) is 22.7 Å². The summed E-state index contributed by atoms with van der Waals surface area (Å²) in [5.74, 6) is -0.563. The van der Waals surface area contributed by atoms with E-state index in [0.717, 1.165) is 10.2 Å². The monoisotopic (exact) mass is 380 g/mol. The van der Waals surface area contributed by atoms with Crippen molar-refractivity contribution in [3.05, 3.63) is 74.8 Å². The van der Waals surface area contributed by atoms with E-state index in [9.17, 15) is 19.2 Å². The molecule has 0 bridgehead atoms. The number of aromatic nitrogens is 2. The number of H-pyrrole nitrogens is 1. The predicted molar refractivity (Wildman–Crippen MR) is 106 cm³/mol. The molecule has 0 spiro atoms. The summed E-state index contributed by atoms with van der Waals surface area (Å²) < 4.78 is 0.990. The first kappa shape index (κ1) is 19.1. The van der Waals surface area contributed by atoms with Crippen LogP contribution in [0, 0.1) is 0 Å². The summed E-state index contributed by atoms with van der Waals surface area (Å²) in [6, 6.07) is 13.5. The van der Waals surface area contributed by atoms with Crippen molar-refractivity contribution < 1.29 is 9.59 Å². The lowest BCUT2D eigenvalue weighted by atomic mass is 10.1. The minimum atomic E-state index is -0.467. The summed E-state index contributed by atoms with van der Waals surface area (Å²) in [6.45, 7) is 1.46. The third kappa shape index (κ3) is 4.01. The summed E-state index contributed by atoms with van der Waals surface area (Å²) in [4.78, 5) is 50.1. The Morgan fingerprint density at radius 2 is 1.68 bits per heavy atom. The fourth-order valence-electron chi connectivity index (χ4n) is 2.84. The van der Waals surface area contributed by atoms with Crippen LogP contribution in [0.1, 0.15) is 12.5 Å². The van der Waals surface area contributed by atoms with E-state index in [0.29, 0.717) is 12.2 Å². The summed E-state index contributed by atoms with van der Waals surface area (Å²) in [7, 11) is 1.67. The molecule has 0 aliphatic carbocycles. The van der Waals surface area contributed by atoms with Gasteiger partial charge in [0.15, 0.2) is 0 Å². The number of carbonyl (C=O) groups excluding carboxylic acids is 2. The van der Waals surface area contributed by atoms with Gasteiger partial charge in [0.05, 0.1) is 10.8 Å². The van der Waals surface area contributed by atoms with Crippen molar-refractivity contribution in [3.63, 3.8) is 0 Å². The van der Waals surface area contributed by atoms with Crippen LogP contribution < -0.4 is 16.4 Å². The summed E-state index contributed by atoms with van der Waals surface area (Å²) >= 11 is 0. The van der Waals surface area contributed by atoms with Gasteiger partial charge >= 0.3 is 0 Å². The number of benzene rings is 2. The SMILES string of the molecule is CC(=O)N(C)Cc1ccccc1NC(=O)Cn1[nH]c(=O)c2ccccc2c1=O. The van der Waals surface area contributed by atoms with Gasteiger partial charge in [-0.05, 0) is 23.8 Å². The molecule has 8 heteroatoms. The van der Waals surface area contributed by atoms with E-state index < -0.39 is 17.0 Å². The fraction of sp³-hybridized carbons (Fsp3) is 0.200. The average Bonchev–Trinajstić information content (AvgIpc) is 2.67. The normalized spacial score (nSPS) is 10.6. The van der Waals surface area contributed by atoms with Crippen LogP contribution in [0.3, 0.4) is 0 Å². The van der Waals surface area contributed by atoms with Gasteiger partial charge in [0.1, 0.15) is 6.54 Å². The highest BCUT2D eigenvalue weighted by Gasteiger charge is 2.13. The Morgan fingerprint density at radius 3 is 2.39 bits per heavy atom. The molecule has 28 heavy (non-hydrogen) atoms. The Kier molecular flexibility index (Phi) is 5.39. The van der Waals surface area contributed by atoms with Crippen LogP contribution in [0.15, 0.2) is 58.1 Å². The molecule has 0 aliphatic rings. The number of nitrogens with one attached hydrogen (secondary N) is 2. The van der Waals surface area contributed by atoms with E-state index in [1.54, 1.807) is 49.5 Å². The first-order chi connectivity index (χ1) is 13.4. The highest BCUT2D eigenvalue weighted by molar-refractivity contribution is 5.91. The van der Waals surface area contributed by atoms with Crippen LogP contribution >= 0.6 is 0 Å². The third-order valence-electron chi connectivity index (χ3n) is 4.42. The predicted octanol–water partition coefficient (Wildman–Crippen LogP) is 1.31. The molecule has 3 rings (SSSR count). The second kappa shape index (κ2) is 7.91. The number of hydrogen-bond acceptors (Lipinski definition) is 4. The molecule has 2 N–H and O–H groups in total. The van der Waals surface area contributed by atoms with Crippen molar-refractivity contribution in [1.82, 2.24) is 14.7 Å². The van der Waals surface area contributed by atoms with Crippen LogP contribution in [0.2, 0.25) is 0 Å². The quantitative estimate of drug-likeness (QED) is 0.696. The van der Waals surface area contributed by atoms with Crippen LogP contribution in [0.25, 0.3) is 10.8 Å². The van der Waals surface area contributed by atoms with Crippen LogP contribution in [-0.4, -0.2) is 33.5 Å². The number of carbonyl (C=O) groups is 2. The zero-order chi connectivity index (χ0) is 20.3. The highest BCUT2D eigenvalue weighted by atomic mass is 16.2. The number of hydrogen-bond donors (Lipinski definition) is 2. The van der Waals surface area contributed by atoms with E-state index in [1.165, 1.54) is 11.8 Å². The van der Waals surface area contributed by atoms with E-state index in [2.05, 4.69) is 10.4 Å². The number of rotatable bonds is 5. The molecule has 144 valence electrons. The van der Waals surface area contributed by atoms with Crippen LogP contribution in [0.5, 0.6) is 0 Å². The molecule has 2 amide bonds. The molecule has 2 aromatic carbocycles. The zero-order valence-corrected chi connectivity index (χ0v) is 15.6. The molecule has 1 heterocycles. The van der Waals surface area contributed by atoms with E-state index >= 15 is 0 Å². The maximum Gasteiger partial charge on any atom is 0.273 e. The first-order valence-electron chi connectivity index (χ1n) is 8.68. The van der Waals surface area contributed by atoms with Gasteiger partial charge in [0.25, 0.3) is 11.1 Å². The molecule has 0 aliphatic heterocycles. The highest BCUT2D eigenvalue weighted by Crippen LogP contribution is 2.17. The molecule has 0 radical (unpaired) electrons. The van der Waals surface area contributed by atoms with Gasteiger partial charge in [-0.25, -0.2) is 4.68 Å². The van der Waals surface area contributed by atoms with Gasteiger partial charge in [-0.15, -0.1) is 0 Å². The standard InChI is InChI=1S/C20H20N4O4/c1-13(25)23(2)11-14-7-3-6-10-17(14)21-18(26)12-24-20(28)16-9-5-4-8-15(16)19(27)22-24/h3-10H,11-12H2,1-2H3,(H,21,26)(H,22,27). The van der Waals surface area contributed by atoms with Gasteiger partial charge in [-0.3, -0.25) is 24.3 Å². The van der Waals surface area contributed by atoms with E-state index in [1.807, 2.05) is 6.07 Å². The van der Waals surface area contributed by atoms with E-state index in [-0.39, 0.29) is 23.2 Å². The Hall–Kier alpha value is -3.68. The molecule has 1 aromatic heterocycles. The lowest BCUT2D eigenvalue weighted by molar-refractivity contribution is -0.128. The molecular formula is C20H20N4O4. The molecule has 0 atom stereocenters. The number of amides is 2. The van der Waals surface area contributed by atoms with Gasteiger partial charge in [0, 0.05) is 26.2 Å². The van der Waals surface area contributed by atoms with Crippen molar-refractivity contribution >= 4 is 28.3 Å². The number of fused-ring (bicyclic) bond motifs is 1. The second-order valence-corrected chi connectivity index (χ2v) is 6.46. The molecule has 0 fully saturated rings. The lowest BCUT2D eigenvalue weighted by Crippen LogP contribution is -2.34. The minimum Gasteiger partial charge on any atom is -0.342 e.